The van der Waals surface area contributed by atoms with Crippen molar-refractivity contribution in [2.45, 2.75) is 40.2 Å². The number of aromatic nitrogens is 1. The van der Waals surface area contributed by atoms with Gasteiger partial charge in [-0.3, -0.25) is 14.5 Å². The molecule has 2 aliphatic rings. The second-order valence-corrected chi connectivity index (χ2v) is 12.2. The molecular formula is C34H34N2O7S. The van der Waals surface area contributed by atoms with Crippen LogP contribution in [0, 0.1) is 12.8 Å². The normalized spacial score (nSPS) is 17.5. The van der Waals surface area contributed by atoms with Gasteiger partial charge in [0.15, 0.2) is 28.1 Å². The fraction of sp³-hybridized carbons (Fsp3) is 0.324. The lowest BCUT2D eigenvalue weighted by atomic mass is 9.95. The van der Waals surface area contributed by atoms with Crippen molar-refractivity contribution < 1.29 is 33.6 Å². The minimum absolute atomic E-state index is 0.0574. The Kier molecular flexibility index (Phi) is 8.18. The van der Waals surface area contributed by atoms with E-state index in [1.54, 1.807) is 36.4 Å². The number of Topliss-reactive ketones (excluding diaryl/α,β-unsaturated/α-hetero) is 1. The number of thiazole rings is 1. The molecule has 2 aliphatic heterocycles. The van der Waals surface area contributed by atoms with Gasteiger partial charge in [-0.25, -0.2) is 4.98 Å². The van der Waals surface area contributed by atoms with Crippen LogP contribution in [0.5, 0.6) is 23.0 Å². The van der Waals surface area contributed by atoms with E-state index >= 15 is 0 Å². The highest BCUT2D eigenvalue weighted by Crippen LogP contribution is 2.46. The number of fused-ring (bicyclic) bond motifs is 2. The summed E-state index contributed by atoms with van der Waals surface area (Å²) < 4.78 is 24.2. The maximum Gasteiger partial charge on any atom is 0.301 e. The molecule has 1 fully saturated rings. The number of anilines is 1. The van der Waals surface area contributed by atoms with Gasteiger partial charge in [-0.05, 0) is 79.8 Å². The highest BCUT2D eigenvalue weighted by molar-refractivity contribution is 7.22. The van der Waals surface area contributed by atoms with Gasteiger partial charge in [0, 0.05) is 5.56 Å². The molecule has 1 aromatic heterocycles. The first-order valence-electron chi connectivity index (χ1n) is 14.7. The van der Waals surface area contributed by atoms with E-state index in [9.17, 15) is 14.7 Å². The van der Waals surface area contributed by atoms with Crippen molar-refractivity contribution in [1.82, 2.24) is 4.98 Å². The van der Waals surface area contributed by atoms with Crippen molar-refractivity contribution in [1.29, 1.82) is 0 Å². The molecule has 228 valence electrons. The van der Waals surface area contributed by atoms with E-state index < -0.39 is 17.7 Å². The molecule has 4 aromatic rings. The Hall–Kier alpha value is -4.57. The van der Waals surface area contributed by atoms with Gasteiger partial charge in [0.25, 0.3) is 5.78 Å². The molecule has 1 saturated heterocycles. The summed E-state index contributed by atoms with van der Waals surface area (Å²) in [7, 11) is 0. The first kappa shape index (κ1) is 29.5. The number of rotatable bonds is 9. The molecule has 1 amide bonds. The summed E-state index contributed by atoms with van der Waals surface area (Å²) in [6, 6.07) is 15.2. The third kappa shape index (κ3) is 5.57. The molecule has 3 heterocycles. The van der Waals surface area contributed by atoms with E-state index in [2.05, 4.69) is 13.8 Å². The number of ketones is 1. The van der Waals surface area contributed by atoms with Crippen LogP contribution in [-0.2, 0) is 9.59 Å². The largest absolute Gasteiger partial charge is 0.507 e. The Balaban J connectivity index is 1.50. The maximum absolute atomic E-state index is 13.8. The lowest BCUT2D eigenvalue weighted by Gasteiger charge is -2.24. The summed E-state index contributed by atoms with van der Waals surface area (Å²) >= 11 is 1.32. The van der Waals surface area contributed by atoms with Gasteiger partial charge in [-0.15, -0.1) is 0 Å². The van der Waals surface area contributed by atoms with Gasteiger partial charge in [0.05, 0.1) is 35.0 Å². The Morgan fingerprint density at radius 1 is 1.02 bits per heavy atom. The van der Waals surface area contributed by atoms with Crippen molar-refractivity contribution in [2.75, 3.05) is 31.3 Å². The van der Waals surface area contributed by atoms with Gasteiger partial charge in [0.1, 0.15) is 19.0 Å². The molecule has 3 aromatic carbocycles. The highest BCUT2D eigenvalue weighted by atomic mass is 32.1. The zero-order valence-electron chi connectivity index (χ0n) is 25.1. The fourth-order valence-corrected chi connectivity index (χ4v) is 6.39. The first-order valence-corrected chi connectivity index (χ1v) is 15.5. The molecule has 1 atom stereocenters. The zero-order valence-corrected chi connectivity index (χ0v) is 25.9. The van der Waals surface area contributed by atoms with Gasteiger partial charge >= 0.3 is 5.91 Å². The average molecular weight is 615 g/mol. The average Bonchev–Trinajstić information content (AvgIpc) is 3.54. The summed E-state index contributed by atoms with van der Waals surface area (Å²) in [6.07, 6.45) is 0.875. The van der Waals surface area contributed by atoms with Crippen LogP contribution in [-0.4, -0.2) is 48.2 Å². The van der Waals surface area contributed by atoms with E-state index in [0.29, 0.717) is 77.1 Å². The minimum atomic E-state index is -0.978. The standard InChI is InChI=1S/C34H34N2O7S/c1-5-40-26-17-21(7-10-24(26)41-13-12-19(2)3)30-29(31(37)22-8-11-25-27(18-22)43-15-14-42-25)32(38)33(39)36(30)34-35-23-9-6-20(4)16-28(23)44-34/h6-11,16-19,30,37H,5,12-15H2,1-4H3/b31-29+/t30-/m0/s1. The summed E-state index contributed by atoms with van der Waals surface area (Å²) in [5.74, 6) is 0.614. The smallest absolute Gasteiger partial charge is 0.301 e. The number of carbonyl (C=O) groups excluding carboxylic acids is 2. The van der Waals surface area contributed by atoms with Crippen LogP contribution in [0.1, 0.15) is 49.9 Å². The van der Waals surface area contributed by atoms with Crippen LogP contribution in [0.25, 0.3) is 16.0 Å². The fourth-order valence-electron chi connectivity index (χ4n) is 5.30. The number of carbonyl (C=O) groups is 2. The summed E-state index contributed by atoms with van der Waals surface area (Å²) in [4.78, 5) is 33.7. The van der Waals surface area contributed by atoms with E-state index in [-0.39, 0.29) is 11.3 Å². The molecule has 44 heavy (non-hydrogen) atoms. The topological polar surface area (TPSA) is 107 Å². The number of hydrogen-bond acceptors (Lipinski definition) is 9. The Labute approximate surface area is 259 Å². The molecule has 10 heteroatoms. The quantitative estimate of drug-likeness (QED) is 0.124. The minimum Gasteiger partial charge on any atom is -0.507 e. The van der Waals surface area contributed by atoms with E-state index in [1.807, 2.05) is 32.0 Å². The third-order valence-electron chi connectivity index (χ3n) is 7.53. The number of aliphatic hydroxyl groups is 1. The summed E-state index contributed by atoms with van der Waals surface area (Å²) in [5, 5.41) is 12.0. The third-order valence-corrected chi connectivity index (χ3v) is 8.55. The molecule has 0 radical (unpaired) electrons. The van der Waals surface area contributed by atoms with E-state index in [1.165, 1.54) is 16.2 Å². The van der Waals surface area contributed by atoms with Crippen molar-refractivity contribution in [2.24, 2.45) is 5.92 Å². The number of amides is 1. The monoisotopic (exact) mass is 614 g/mol. The molecule has 0 unspecified atom stereocenters. The lowest BCUT2D eigenvalue weighted by Crippen LogP contribution is -2.29. The number of nitrogens with zero attached hydrogens (tertiary/aromatic N) is 2. The van der Waals surface area contributed by atoms with Crippen molar-refractivity contribution >= 4 is 44.1 Å². The van der Waals surface area contributed by atoms with E-state index in [0.717, 1.165) is 16.7 Å². The molecule has 1 N–H and O–H groups in total. The number of aliphatic hydroxyl groups excluding tert-OH is 1. The molecule has 6 rings (SSSR count). The van der Waals surface area contributed by atoms with Crippen LogP contribution in [0.15, 0.2) is 60.2 Å². The lowest BCUT2D eigenvalue weighted by molar-refractivity contribution is -0.132. The van der Waals surface area contributed by atoms with Gasteiger partial charge in [-0.2, -0.15) is 0 Å². The van der Waals surface area contributed by atoms with Gasteiger partial charge in [-0.1, -0.05) is 37.3 Å². The predicted octanol–water partition coefficient (Wildman–Crippen LogP) is 6.83. The van der Waals surface area contributed by atoms with Crippen molar-refractivity contribution in [3.05, 3.63) is 76.9 Å². The molecule has 0 saturated carbocycles. The Bertz CT molecular complexity index is 1780. The second-order valence-electron chi connectivity index (χ2n) is 11.2. The number of hydrogen-bond donors (Lipinski definition) is 1. The number of aryl methyl sites for hydroxylation is 1. The van der Waals surface area contributed by atoms with Crippen LogP contribution < -0.4 is 23.8 Å². The van der Waals surface area contributed by atoms with Crippen LogP contribution in [0.4, 0.5) is 5.13 Å². The SMILES string of the molecule is CCOc1cc([C@H]2/C(=C(\O)c3ccc4c(c3)OCCO4)C(=O)C(=O)N2c2nc3ccc(C)cc3s2)ccc1OCCC(C)C. The Morgan fingerprint density at radius 2 is 1.82 bits per heavy atom. The second kappa shape index (κ2) is 12.2. The van der Waals surface area contributed by atoms with Crippen molar-refractivity contribution in [3.8, 4) is 23.0 Å². The van der Waals surface area contributed by atoms with Gasteiger partial charge < -0.3 is 24.1 Å². The van der Waals surface area contributed by atoms with Crippen LogP contribution in [0.2, 0.25) is 0 Å². The van der Waals surface area contributed by atoms with E-state index in [4.69, 9.17) is 23.9 Å². The zero-order chi connectivity index (χ0) is 31.0. The highest BCUT2D eigenvalue weighted by Gasteiger charge is 2.48. The van der Waals surface area contributed by atoms with Crippen LogP contribution >= 0.6 is 11.3 Å². The number of benzene rings is 3. The predicted molar refractivity (Wildman–Crippen MR) is 169 cm³/mol. The molecule has 0 aliphatic carbocycles. The molecule has 9 nitrogen and oxygen atoms in total. The van der Waals surface area contributed by atoms with Crippen molar-refractivity contribution in [3.63, 3.8) is 0 Å². The first-order chi connectivity index (χ1) is 21.2. The summed E-state index contributed by atoms with van der Waals surface area (Å²) in [6.45, 7) is 9.81. The number of ether oxygens (including phenoxy) is 4. The molecule has 0 spiro atoms. The van der Waals surface area contributed by atoms with Gasteiger partial charge in [0.2, 0.25) is 0 Å². The molecule has 0 bridgehead atoms. The molecular weight excluding hydrogens is 580 g/mol. The maximum atomic E-state index is 13.8. The Morgan fingerprint density at radius 3 is 2.59 bits per heavy atom. The summed E-state index contributed by atoms with van der Waals surface area (Å²) in [5.41, 5.74) is 2.61. The van der Waals surface area contributed by atoms with Crippen LogP contribution in [0.3, 0.4) is 0 Å².